The normalized spacial score (nSPS) is 16.1. The Labute approximate surface area is 131 Å². The summed E-state index contributed by atoms with van der Waals surface area (Å²) in [6.45, 7) is 3.48. The zero-order valence-electron chi connectivity index (χ0n) is 13.1. The zero-order chi connectivity index (χ0) is 15.8. The van der Waals surface area contributed by atoms with Gasteiger partial charge in [0.25, 0.3) is 0 Å². The average Bonchev–Trinajstić information content (AvgIpc) is 2.86. The molecule has 3 heteroatoms. The van der Waals surface area contributed by atoms with Crippen molar-refractivity contribution < 1.29 is 4.79 Å². The first-order chi connectivity index (χ1) is 10.4. The fourth-order valence-corrected chi connectivity index (χ4v) is 3.12. The van der Waals surface area contributed by atoms with Crippen LogP contribution in [0.5, 0.6) is 0 Å². The van der Waals surface area contributed by atoms with Gasteiger partial charge >= 0.3 is 0 Å². The first-order valence-electron chi connectivity index (χ1n) is 7.65. The number of nitrogens with one attached hydrogen (secondary N) is 1. The van der Waals surface area contributed by atoms with Gasteiger partial charge in [0.2, 0.25) is 5.91 Å². The average molecular weight is 294 g/mol. The molecule has 0 aliphatic heterocycles. The van der Waals surface area contributed by atoms with Gasteiger partial charge in [-0.2, -0.15) is 0 Å². The SMILES string of the molecule is CC(C)(N)C(=O)NC1(c2ccccc2)Cc2ccccc2C1. The maximum atomic E-state index is 12.5. The number of amides is 1. The van der Waals surface area contributed by atoms with Crippen LogP contribution in [0.1, 0.15) is 30.5 Å². The molecule has 0 fully saturated rings. The van der Waals surface area contributed by atoms with E-state index in [2.05, 4.69) is 41.7 Å². The van der Waals surface area contributed by atoms with E-state index >= 15 is 0 Å². The monoisotopic (exact) mass is 294 g/mol. The third-order valence-corrected chi connectivity index (χ3v) is 4.37. The van der Waals surface area contributed by atoms with Gasteiger partial charge in [0, 0.05) is 12.8 Å². The summed E-state index contributed by atoms with van der Waals surface area (Å²) in [5.41, 5.74) is 8.41. The quantitative estimate of drug-likeness (QED) is 0.914. The van der Waals surface area contributed by atoms with Gasteiger partial charge in [0.15, 0.2) is 0 Å². The van der Waals surface area contributed by atoms with Crippen molar-refractivity contribution in [3.8, 4) is 0 Å². The minimum atomic E-state index is -0.892. The number of hydrogen-bond donors (Lipinski definition) is 2. The van der Waals surface area contributed by atoms with Crippen molar-refractivity contribution in [3.05, 3.63) is 71.3 Å². The van der Waals surface area contributed by atoms with Crippen LogP contribution in [0.25, 0.3) is 0 Å². The predicted octanol–water partition coefficient (Wildman–Crippen LogP) is 2.53. The van der Waals surface area contributed by atoms with Gasteiger partial charge in [-0.3, -0.25) is 4.79 Å². The molecule has 1 amide bonds. The molecule has 0 saturated heterocycles. The second kappa shape index (κ2) is 5.25. The van der Waals surface area contributed by atoms with E-state index < -0.39 is 11.1 Å². The Morgan fingerprint density at radius 3 is 2.00 bits per heavy atom. The van der Waals surface area contributed by atoms with Gasteiger partial charge in [-0.05, 0) is 30.5 Å². The lowest BCUT2D eigenvalue weighted by Gasteiger charge is -2.34. The van der Waals surface area contributed by atoms with Crippen molar-refractivity contribution in [1.29, 1.82) is 0 Å². The Hall–Kier alpha value is -2.13. The van der Waals surface area contributed by atoms with Gasteiger partial charge in [0.1, 0.15) is 0 Å². The molecule has 114 valence electrons. The highest BCUT2D eigenvalue weighted by Crippen LogP contribution is 2.38. The van der Waals surface area contributed by atoms with Crippen molar-refractivity contribution >= 4 is 5.91 Å². The summed E-state index contributed by atoms with van der Waals surface area (Å²) >= 11 is 0. The van der Waals surface area contributed by atoms with Gasteiger partial charge in [-0.1, -0.05) is 54.6 Å². The number of fused-ring (bicyclic) bond motifs is 1. The molecular formula is C19H22N2O. The minimum Gasteiger partial charge on any atom is -0.344 e. The van der Waals surface area contributed by atoms with Crippen molar-refractivity contribution in [2.45, 2.75) is 37.8 Å². The molecule has 0 radical (unpaired) electrons. The fraction of sp³-hybridized carbons (Fsp3) is 0.316. The van der Waals surface area contributed by atoms with Crippen LogP contribution in [0, 0.1) is 0 Å². The Kier molecular flexibility index (Phi) is 3.53. The van der Waals surface area contributed by atoms with Crippen molar-refractivity contribution in [2.24, 2.45) is 5.73 Å². The standard InChI is InChI=1S/C19H22N2O/c1-18(2,20)17(22)21-19(16-10-4-3-5-11-16)12-14-8-6-7-9-15(14)13-19/h3-11H,12-13,20H2,1-2H3,(H,21,22). The zero-order valence-corrected chi connectivity index (χ0v) is 13.1. The summed E-state index contributed by atoms with van der Waals surface area (Å²) in [6.07, 6.45) is 1.60. The van der Waals surface area contributed by atoms with E-state index in [-0.39, 0.29) is 5.91 Å². The highest BCUT2D eigenvalue weighted by atomic mass is 16.2. The molecule has 1 aliphatic carbocycles. The first kappa shape index (κ1) is 14.8. The Morgan fingerprint density at radius 2 is 1.50 bits per heavy atom. The lowest BCUT2D eigenvalue weighted by atomic mass is 9.85. The van der Waals surface area contributed by atoms with Crippen LogP contribution in [0.3, 0.4) is 0 Å². The molecule has 1 aliphatic rings. The Morgan fingerprint density at radius 1 is 1.00 bits per heavy atom. The van der Waals surface area contributed by atoms with E-state index in [1.165, 1.54) is 11.1 Å². The molecule has 0 spiro atoms. The highest BCUT2D eigenvalue weighted by Gasteiger charge is 2.41. The molecule has 0 bridgehead atoms. The lowest BCUT2D eigenvalue weighted by Crippen LogP contribution is -2.56. The van der Waals surface area contributed by atoms with Crippen molar-refractivity contribution in [2.75, 3.05) is 0 Å². The second-order valence-electron chi connectivity index (χ2n) is 6.75. The van der Waals surface area contributed by atoms with Gasteiger partial charge in [-0.25, -0.2) is 0 Å². The van der Waals surface area contributed by atoms with E-state index in [0.29, 0.717) is 0 Å². The molecule has 2 aromatic carbocycles. The molecule has 0 saturated carbocycles. The predicted molar refractivity (Wildman–Crippen MR) is 88.4 cm³/mol. The van der Waals surface area contributed by atoms with Crippen LogP contribution >= 0.6 is 0 Å². The van der Waals surface area contributed by atoms with Crippen molar-refractivity contribution in [1.82, 2.24) is 5.32 Å². The molecule has 0 aromatic heterocycles. The Bertz CT molecular complexity index is 661. The molecule has 3 rings (SSSR count). The number of carbonyl (C=O) groups excluding carboxylic acids is 1. The number of carbonyl (C=O) groups is 1. The molecule has 0 atom stereocenters. The summed E-state index contributed by atoms with van der Waals surface area (Å²) in [7, 11) is 0. The van der Waals surface area contributed by atoms with Crippen LogP contribution < -0.4 is 11.1 Å². The van der Waals surface area contributed by atoms with E-state index in [9.17, 15) is 4.79 Å². The fourth-order valence-electron chi connectivity index (χ4n) is 3.12. The first-order valence-corrected chi connectivity index (χ1v) is 7.65. The van der Waals surface area contributed by atoms with Gasteiger partial charge < -0.3 is 11.1 Å². The smallest absolute Gasteiger partial charge is 0.240 e. The molecule has 22 heavy (non-hydrogen) atoms. The molecule has 3 nitrogen and oxygen atoms in total. The van der Waals surface area contributed by atoms with Crippen LogP contribution in [0.2, 0.25) is 0 Å². The maximum absolute atomic E-state index is 12.5. The molecular weight excluding hydrogens is 272 g/mol. The highest BCUT2D eigenvalue weighted by molar-refractivity contribution is 5.86. The summed E-state index contributed by atoms with van der Waals surface area (Å²) in [6, 6.07) is 18.6. The van der Waals surface area contributed by atoms with Crippen LogP contribution in [0.4, 0.5) is 0 Å². The number of rotatable bonds is 3. The minimum absolute atomic E-state index is 0.121. The lowest BCUT2D eigenvalue weighted by molar-refractivity contribution is -0.127. The van der Waals surface area contributed by atoms with Crippen molar-refractivity contribution in [3.63, 3.8) is 0 Å². The Balaban J connectivity index is 2.01. The number of benzene rings is 2. The third kappa shape index (κ3) is 2.64. The van der Waals surface area contributed by atoms with E-state index in [4.69, 9.17) is 5.73 Å². The summed E-state index contributed by atoms with van der Waals surface area (Å²) in [4.78, 5) is 12.5. The second-order valence-corrected chi connectivity index (χ2v) is 6.75. The van der Waals surface area contributed by atoms with Crippen LogP contribution in [-0.4, -0.2) is 11.4 Å². The number of nitrogens with two attached hydrogens (primary N) is 1. The van der Waals surface area contributed by atoms with E-state index in [1.807, 2.05) is 18.2 Å². The molecule has 0 unspecified atom stereocenters. The van der Waals surface area contributed by atoms with Gasteiger partial charge in [0.05, 0.1) is 11.1 Å². The molecule has 3 N–H and O–H groups in total. The van der Waals surface area contributed by atoms with Crippen LogP contribution in [0.15, 0.2) is 54.6 Å². The molecule has 2 aromatic rings. The van der Waals surface area contributed by atoms with E-state index in [0.717, 1.165) is 18.4 Å². The third-order valence-electron chi connectivity index (χ3n) is 4.37. The summed E-state index contributed by atoms with van der Waals surface area (Å²) < 4.78 is 0. The van der Waals surface area contributed by atoms with Gasteiger partial charge in [-0.15, -0.1) is 0 Å². The molecule has 0 heterocycles. The number of hydrogen-bond acceptors (Lipinski definition) is 2. The summed E-state index contributed by atoms with van der Waals surface area (Å²) in [5.74, 6) is -0.121. The largest absolute Gasteiger partial charge is 0.344 e. The van der Waals surface area contributed by atoms with Crippen LogP contribution in [-0.2, 0) is 23.2 Å². The maximum Gasteiger partial charge on any atom is 0.240 e. The van der Waals surface area contributed by atoms with E-state index in [1.54, 1.807) is 13.8 Å². The summed E-state index contributed by atoms with van der Waals surface area (Å²) in [5, 5.41) is 3.23. The topological polar surface area (TPSA) is 55.1 Å².